The van der Waals surface area contributed by atoms with Crippen LogP contribution < -0.4 is 14.8 Å². The lowest BCUT2D eigenvalue weighted by atomic mass is 10.2. The van der Waals surface area contributed by atoms with Crippen molar-refractivity contribution in [3.63, 3.8) is 0 Å². The highest BCUT2D eigenvalue weighted by atomic mass is 32.1. The van der Waals surface area contributed by atoms with Gasteiger partial charge in [-0.3, -0.25) is 4.79 Å². The molecule has 4 rings (SSSR count). The molecule has 1 aromatic heterocycles. The van der Waals surface area contributed by atoms with Gasteiger partial charge in [0.2, 0.25) is 12.0 Å². The van der Waals surface area contributed by atoms with E-state index < -0.39 is 12.1 Å². The number of fused-ring (bicyclic) bond motifs is 1. The topological polar surface area (TPSA) is 86.8 Å². The number of ether oxygens (including phenoxy) is 3. The molecule has 1 aliphatic heterocycles. The number of hydrogen-bond donors (Lipinski definition) is 1. The average Bonchev–Trinajstić information content (AvgIpc) is 3.20. The zero-order chi connectivity index (χ0) is 20.9. The fourth-order valence-corrected chi connectivity index (χ4v) is 3.69. The Labute approximate surface area is 177 Å². The van der Waals surface area contributed by atoms with Gasteiger partial charge in [-0.25, -0.2) is 9.78 Å². The van der Waals surface area contributed by atoms with Crippen LogP contribution in [0.2, 0.25) is 0 Å². The molecule has 7 nitrogen and oxygen atoms in total. The quantitative estimate of drug-likeness (QED) is 0.610. The van der Waals surface area contributed by atoms with Crippen molar-refractivity contribution in [1.29, 1.82) is 0 Å². The summed E-state index contributed by atoms with van der Waals surface area (Å²) in [5, 5.41) is 5.31. The minimum Gasteiger partial charge on any atom is -0.485 e. The smallest absolute Gasteiger partial charge is 0.351 e. The van der Waals surface area contributed by atoms with E-state index in [0.29, 0.717) is 22.2 Å². The number of rotatable bonds is 6. The number of nitrogens with one attached hydrogen (secondary N) is 1. The van der Waals surface area contributed by atoms with Crippen molar-refractivity contribution in [2.24, 2.45) is 0 Å². The summed E-state index contributed by atoms with van der Waals surface area (Å²) in [6.45, 7) is 2.04. The van der Waals surface area contributed by atoms with Gasteiger partial charge in [-0.15, -0.1) is 11.3 Å². The number of esters is 1. The fourth-order valence-electron chi connectivity index (χ4n) is 2.91. The van der Waals surface area contributed by atoms with Gasteiger partial charge in [0.15, 0.2) is 11.5 Å². The van der Waals surface area contributed by atoms with Gasteiger partial charge in [-0.2, -0.15) is 0 Å². The molecule has 0 saturated heterocycles. The summed E-state index contributed by atoms with van der Waals surface area (Å²) in [7, 11) is 0. The molecule has 0 fully saturated rings. The van der Waals surface area contributed by atoms with Crippen LogP contribution in [0, 0.1) is 6.92 Å². The first-order valence-corrected chi connectivity index (χ1v) is 10.3. The highest BCUT2D eigenvalue weighted by molar-refractivity contribution is 7.09. The van der Waals surface area contributed by atoms with Crippen LogP contribution in [0.5, 0.6) is 11.5 Å². The van der Waals surface area contributed by atoms with Crippen LogP contribution in [-0.4, -0.2) is 29.6 Å². The molecule has 1 unspecified atom stereocenters. The summed E-state index contributed by atoms with van der Waals surface area (Å²) in [4.78, 5) is 28.9. The van der Waals surface area contributed by atoms with E-state index in [9.17, 15) is 9.59 Å². The van der Waals surface area contributed by atoms with Crippen molar-refractivity contribution in [3.8, 4) is 11.5 Å². The molecular formula is C22H20N2O5S. The van der Waals surface area contributed by atoms with Gasteiger partial charge < -0.3 is 19.5 Å². The fraction of sp³-hybridized carbons (Fsp3) is 0.227. The molecule has 1 atom stereocenters. The number of carbonyl (C=O) groups is 2. The normalized spacial score (nSPS) is 14.8. The van der Waals surface area contributed by atoms with Crippen LogP contribution in [0.15, 0.2) is 53.9 Å². The molecule has 30 heavy (non-hydrogen) atoms. The SMILES string of the molecule is Cc1ccccc1NC(=O)Cc1nc(COC(=O)C2COc3ccccc3O2)cs1. The predicted molar refractivity (Wildman–Crippen MR) is 112 cm³/mol. The maximum Gasteiger partial charge on any atom is 0.351 e. The summed E-state index contributed by atoms with van der Waals surface area (Å²) in [5.74, 6) is 0.459. The van der Waals surface area contributed by atoms with Crippen LogP contribution in [0.25, 0.3) is 0 Å². The number of amides is 1. The lowest BCUT2D eigenvalue weighted by molar-refractivity contribution is -0.156. The molecule has 154 valence electrons. The number of thiazole rings is 1. The van der Waals surface area contributed by atoms with E-state index in [1.54, 1.807) is 17.5 Å². The number of hydrogen-bond acceptors (Lipinski definition) is 7. The first-order chi connectivity index (χ1) is 14.6. The maximum atomic E-state index is 12.3. The third-order valence-corrected chi connectivity index (χ3v) is 5.36. The van der Waals surface area contributed by atoms with E-state index in [4.69, 9.17) is 14.2 Å². The van der Waals surface area contributed by atoms with Gasteiger partial charge in [-0.05, 0) is 30.7 Å². The molecule has 0 aliphatic carbocycles. The van der Waals surface area contributed by atoms with Crippen molar-refractivity contribution in [1.82, 2.24) is 4.98 Å². The van der Waals surface area contributed by atoms with E-state index in [1.807, 2.05) is 43.3 Å². The minimum atomic E-state index is -0.821. The highest BCUT2D eigenvalue weighted by Gasteiger charge is 2.28. The summed E-state index contributed by atoms with van der Waals surface area (Å²) in [5.41, 5.74) is 2.36. The zero-order valence-corrected chi connectivity index (χ0v) is 17.1. The Balaban J connectivity index is 1.27. The summed E-state index contributed by atoms with van der Waals surface area (Å²) in [6.07, 6.45) is -0.665. The van der Waals surface area contributed by atoms with E-state index in [2.05, 4.69) is 10.3 Å². The van der Waals surface area contributed by atoms with Gasteiger partial charge in [0.1, 0.15) is 18.2 Å². The van der Waals surface area contributed by atoms with Crippen LogP contribution in [0.3, 0.4) is 0 Å². The predicted octanol–water partition coefficient (Wildman–Crippen LogP) is 3.52. The number of nitrogens with zero attached hydrogens (tertiary/aromatic N) is 1. The molecular weight excluding hydrogens is 404 g/mol. The van der Waals surface area contributed by atoms with Gasteiger partial charge in [0, 0.05) is 11.1 Å². The Bertz CT molecular complexity index is 1060. The van der Waals surface area contributed by atoms with Gasteiger partial charge in [0.25, 0.3) is 0 Å². The molecule has 0 bridgehead atoms. The third-order valence-electron chi connectivity index (χ3n) is 4.46. The summed E-state index contributed by atoms with van der Waals surface area (Å²) < 4.78 is 16.5. The standard InChI is InChI=1S/C22H20N2O5S/c1-14-6-2-3-7-16(14)24-20(25)10-21-23-15(13-30-21)11-28-22(26)19-12-27-17-8-4-5-9-18(17)29-19/h2-9,13,19H,10-12H2,1H3,(H,24,25). The average molecular weight is 424 g/mol. The second-order valence-electron chi connectivity index (χ2n) is 6.74. The van der Waals surface area contributed by atoms with Crippen LogP contribution in [0.4, 0.5) is 5.69 Å². The van der Waals surface area contributed by atoms with E-state index >= 15 is 0 Å². The summed E-state index contributed by atoms with van der Waals surface area (Å²) >= 11 is 1.35. The monoisotopic (exact) mass is 424 g/mol. The van der Waals surface area contributed by atoms with Gasteiger partial charge >= 0.3 is 5.97 Å². The Morgan fingerprint density at radius 1 is 1.17 bits per heavy atom. The second kappa shape index (κ2) is 8.96. The number of anilines is 1. The van der Waals surface area contributed by atoms with Crippen molar-refractivity contribution in [2.75, 3.05) is 11.9 Å². The van der Waals surface area contributed by atoms with Crippen molar-refractivity contribution < 1.29 is 23.8 Å². The largest absolute Gasteiger partial charge is 0.485 e. The first-order valence-electron chi connectivity index (χ1n) is 9.42. The molecule has 0 spiro atoms. The van der Waals surface area contributed by atoms with Crippen LogP contribution in [-0.2, 0) is 27.4 Å². The van der Waals surface area contributed by atoms with Crippen LogP contribution >= 0.6 is 11.3 Å². The van der Waals surface area contributed by atoms with Gasteiger partial charge in [0.05, 0.1) is 12.1 Å². The van der Waals surface area contributed by atoms with E-state index in [-0.39, 0.29) is 25.5 Å². The Kier molecular flexibility index (Phi) is 5.94. The Morgan fingerprint density at radius 2 is 1.93 bits per heavy atom. The van der Waals surface area contributed by atoms with Gasteiger partial charge in [-0.1, -0.05) is 30.3 Å². The maximum absolute atomic E-state index is 12.3. The van der Waals surface area contributed by atoms with E-state index in [0.717, 1.165) is 11.3 Å². The summed E-state index contributed by atoms with van der Waals surface area (Å²) in [6, 6.07) is 14.7. The lowest BCUT2D eigenvalue weighted by Crippen LogP contribution is -2.37. The van der Waals surface area contributed by atoms with E-state index in [1.165, 1.54) is 11.3 Å². The molecule has 1 amide bonds. The molecule has 3 aromatic rings. The molecule has 0 radical (unpaired) electrons. The first kappa shape index (κ1) is 19.9. The number of aromatic nitrogens is 1. The molecule has 2 aromatic carbocycles. The number of benzene rings is 2. The molecule has 1 N–H and O–H groups in total. The van der Waals surface area contributed by atoms with Crippen molar-refractivity contribution in [2.45, 2.75) is 26.1 Å². The highest BCUT2D eigenvalue weighted by Crippen LogP contribution is 2.31. The Hall–Kier alpha value is -3.39. The van der Waals surface area contributed by atoms with Crippen molar-refractivity contribution >= 4 is 28.9 Å². The second-order valence-corrected chi connectivity index (χ2v) is 7.69. The Morgan fingerprint density at radius 3 is 2.77 bits per heavy atom. The van der Waals surface area contributed by atoms with Crippen molar-refractivity contribution in [3.05, 3.63) is 70.2 Å². The third kappa shape index (κ3) is 4.77. The molecule has 1 aliphatic rings. The number of aryl methyl sites for hydroxylation is 1. The van der Waals surface area contributed by atoms with Crippen LogP contribution in [0.1, 0.15) is 16.3 Å². The lowest BCUT2D eigenvalue weighted by Gasteiger charge is -2.24. The zero-order valence-electron chi connectivity index (χ0n) is 16.3. The minimum absolute atomic E-state index is 0.0102. The molecule has 2 heterocycles. The molecule has 8 heteroatoms. The molecule has 0 saturated carbocycles. The number of para-hydroxylation sites is 3. The number of carbonyl (C=O) groups excluding carboxylic acids is 2.